The maximum atomic E-state index is 12.7. The molecule has 4 rings (SSSR count). The second kappa shape index (κ2) is 9.93. The highest BCUT2D eigenvalue weighted by atomic mass is 16.2. The molecule has 176 valence electrons. The Labute approximate surface area is 196 Å². The van der Waals surface area contributed by atoms with Gasteiger partial charge in [-0.15, -0.1) is 0 Å². The Morgan fingerprint density at radius 3 is 2.48 bits per heavy atom. The lowest BCUT2D eigenvalue weighted by atomic mass is 10.00. The van der Waals surface area contributed by atoms with E-state index >= 15 is 0 Å². The normalized spacial score (nSPS) is 17.5. The molecular formula is C26H35N5O2. The van der Waals surface area contributed by atoms with E-state index in [0.29, 0.717) is 12.2 Å². The first-order chi connectivity index (χ1) is 15.8. The maximum Gasteiger partial charge on any atom is 0.313 e. The van der Waals surface area contributed by atoms with Crippen molar-refractivity contribution in [1.82, 2.24) is 15.1 Å². The summed E-state index contributed by atoms with van der Waals surface area (Å²) in [5, 5.41) is 5.67. The molecule has 1 saturated heterocycles. The van der Waals surface area contributed by atoms with Crippen LogP contribution in [0.15, 0.2) is 36.4 Å². The molecule has 0 spiro atoms. The maximum absolute atomic E-state index is 12.7. The fourth-order valence-electron chi connectivity index (χ4n) is 4.72. The first kappa shape index (κ1) is 23.3. The Hall–Kier alpha value is -2.90. The molecule has 0 aliphatic carbocycles. The number of anilines is 2. The number of amides is 2. The molecule has 7 nitrogen and oxygen atoms in total. The average molecular weight is 450 g/mol. The molecule has 7 heteroatoms. The molecule has 0 bridgehead atoms. The molecule has 1 unspecified atom stereocenters. The summed E-state index contributed by atoms with van der Waals surface area (Å²) in [6.45, 7) is 9.21. The molecule has 0 saturated carbocycles. The van der Waals surface area contributed by atoms with Crippen LogP contribution in [0.1, 0.15) is 28.3 Å². The highest BCUT2D eigenvalue weighted by Gasteiger charge is 2.27. The van der Waals surface area contributed by atoms with E-state index in [1.165, 1.54) is 16.8 Å². The number of nitrogens with one attached hydrogen (secondary N) is 2. The number of fused-ring (bicyclic) bond motifs is 1. The third-order valence-corrected chi connectivity index (χ3v) is 7.11. The molecule has 2 amide bonds. The molecule has 2 aliphatic rings. The second-order valence-electron chi connectivity index (χ2n) is 9.33. The van der Waals surface area contributed by atoms with Gasteiger partial charge in [-0.2, -0.15) is 0 Å². The van der Waals surface area contributed by atoms with Crippen LogP contribution >= 0.6 is 0 Å². The van der Waals surface area contributed by atoms with Crippen molar-refractivity contribution in [3.05, 3.63) is 58.7 Å². The summed E-state index contributed by atoms with van der Waals surface area (Å²) in [5.74, 6) is -1.23. The number of carbonyl (C=O) groups excluding carboxylic acids is 2. The van der Waals surface area contributed by atoms with Gasteiger partial charge < -0.3 is 20.4 Å². The van der Waals surface area contributed by atoms with Gasteiger partial charge in [0.1, 0.15) is 0 Å². The van der Waals surface area contributed by atoms with E-state index in [-0.39, 0.29) is 6.04 Å². The first-order valence-corrected chi connectivity index (χ1v) is 11.8. The lowest BCUT2D eigenvalue weighted by Crippen LogP contribution is -2.49. The van der Waals surface area contributed by atoms with Gasteiger partial charge >= 0.3 is 11.8 Å². The quantitative estimate of drug-likeness (QED) is 0.686. The van der Waals surface area contributed by atoms with Gasteiger partial charge in [-0.1, -0.05) is 24.3 Å². The fourth-order valence-corrected chi connectivity index (χ4v) is 4.72. The minimum atomic E-state index is -0.628. The third-order valence-electron chi connectivity index (χ3n) is 7.11. The van der Waals surface area contributed by atoms with Crippen LogP contribution in [0.25, 0.3) is 0 Å². The van der Waals surface area contributed by atoms with Crippen molar-refractivity contribution in [2.24, 2.45) is 0 Å². The minimum Gasteiger partial charge on any atom is -0.374 e. The summed E-state index contributed by atoms with van der Waals surface area (Å²) in [4.78, 5) is 32.3. The number of benzene rings is 2. The summed E-state index contributed by atoms with van der Waals surface area (Å²) in [6.07, 6.45) is 1.04. The predicted molar refractivity (Wildman–Crippen MR) is 133 cm³/mol. The lowest BCUT2D eigenvalue weighted by molar-refractivity contribution is -0.136. The smallest absolute Gasteiger partial charge is 0.313 e. The predicted octanol–water partition coefficient (Wildman–Crippen LogP) is 2.34. The van der Waals surface area contributed by atoms with Crippen LogP contribution in [0.5, 0.6) is 0 Å². The summed E-state index contributed by atoms with van der Waals surface area (Å²) in [7, 11) is 4.26. The van der Waals surface area contributed by atoms with Crippen LogP contribution in [0.3, 0.4) is 0 Å². The van der Waals surface area contributed by atoms with Gasteiger partial charge in [0.25, 0.3) is 0 Å². The summed E-state index contributed by atoms with van der Waals surface area (Å²) >= 11 is 0. The van der Waals surface area contributed by atoms with Crippen molar-refractivity contribution in [3.8, 4) is 0 Å². The van der Waals surface area contributed by atoms with Crippen LogP contribution in [0.2, 0.25) is 0 Å². The number of aryl methyl sites for hydroxylation is 1. The van der Waals surface area contributed by atoms with E-state index in [0.717, 1.165) is 50.3 Å². The molecule has 2 aromatic carbocycles. The van der Waals surface area contributed by atoms with Gasteiger partial charge in [-0.3, -0.25) is 14.5 Å². The monoisotopic (exact) mass is 449 g/mol. The van der Waals surface area contributed by atoms with E-state index < -0.39 is 11.8 Å². The first-order valence-electron chi connectivity index (χ1n) is 11.8. The number of hydrogen-bond donors (Lipinski definition) is 2. The number of rotatable bonds is 5. The lowest BCUT2D eigenvalue weighted by Gasteiger charge is -2.38. The number of hydrogen-bond acceptors (Lipinski definition) is 5. The molecule has 0 aromatic heterocycles. The van der Waals surface area contributed by atoms with Crippen molar-refractivity contribution >= 4 is 23.2 Å². The minimum absolute atomic E-state index is 0.0346. The van der Waals surface area contributed by atoms with Crippen LogP contribution in [-0.2, 0) is 16.0 Å². The molecule has 2 N–H and O–H groups in total. The topological polar surface area (TPSA) is 67.9 Å². The number of piperazine rings is 1. The van der Waals surface area contributed by atoms with Gasteiger partial charge in [0.15, 0.2) is 0 Å². The highest BCUT2D eigenvalue weighted by Crippen LogP contribution is 2.31. The Morgan fingerprint density at radius 1 is 0.970 bits per heavy atom. The van der Waals surface area contributed by atoms with Crippen LogP contribution in [0.4, 0.5) is 11.4 Å². The summed E-state index contributed by atoms with van der Waals surface area (Å²) in [6, 6.07) is 12.4. The number of carbonyl (C=O) groups is 2. The molecule has 1 atom stereocenters. The SMILES string of the molecule is Cc1cccc(NC(=O)C(=O)NCC(c2ccc3c(c2)CCN3C)N2CCN(C)CC2)c1C. The van der Waals surface area contributed by atoms with E-state index in [1.807, 2.05) is 32.0 Å². The molecule has 2 aromatic rings. The van der Waals surface area contributed by atoms with Crippen molar-refractivity contribution < 1.29 is 9.59 Å². The van der Waals surface area contributed by atoms with Crippen molar-refractivity contribution in [2.75, 3.05) is 63.6 Å². The zero-order chi connectivity index (χ0) is 23.5. The van der Waals surface area contributed by atoms with E-state index in [2.05, 4.69) is 57.6 Å². The van der Waals surface area contributed by atoms with Crippen LogP contribution in [-0.4, -0.2) is 75.0 Å². The molecule has 1 fully saturated rings. The Balaban J connectivity index is 1.47. The average Bonchev–Trinajstić information content (AvgIpc) is 3.18. The van der Waals surface area contributed by atoms with E-state index in [1.54, 1.807) is 0 Å². The molecule has 2 heterocycles. The number of likely N-dealkylation sites (N-methyl/N-ethyl adjacent to an activating group) is 2. The molecule has 33 heavy (non-hydrogen) atoms. The van der Waals surface area contributed by atoms with Gasteiger partial charge in [0.2, 0.25) is 0 Å². The zero-order valence-electron chi connectivity index (χ0n) is 20.1. The van der Waals surface area contributed by atoms with Crippen molar-refractivity contribution in [1.29, 1.82) is 0 Å². The fraction of sp³-hybridized carbons (Fsp3) is 0.462. The molecule has 0 radical (unpaired) electrons. The van der Waals surface area contributed by atoms with Crippen LogP contribution < -0.4 is 15.5 Å². The van der Waals surface area contributed by atoms with Gasteiger partial charge in [0, 0.05) is 57.7 Å². The number of nitrogens with zero attached hydrogens (tertiary/aromatic N) is 3. The molecule has 2 aliphatic heterocycles. The van der Waals surface area contributed by atoms with Gasteiger partial charge in [-0.05, 0) is 61.7 Å². The highest BCUT2D eigenvalue weighted by molar-refractivity contribution is 6.39. The van der Waals surface area contributed by atoms with E-state index in [9.17, 15) is 9.59 Å². The standard InChI is InChI=1S/C26H35N5O2/c1-18-6-5-7-22(19(18)2)28-26(33)25(32)27-17-24(31-14-12-29(3)13-15-31)20-8-9-23-21(16-20)10-11-30(23)4/h5-9,16,24H,10-15,17H2,1-4H3,(H,27,32)(H,28,33). The Kier molecular flexibility index (Phi) is 7.00. The third kappa shape index (κ3) is 5.20. The Bertz CT molecular complexity index is 1030. The second-order valence-corrected chi connectivity index (χ2v) is 9.33. The van der Waals surface area contributed by atoms with Crippen molar-refractivity contribution in [2.45, 2.75) is 26.3 Å². The Morgan fingerprint density at radius 2 is 1.73 bits per heavy atom. The largest absolute Gasteiger partial charge is 0.374 e. The summed E-state index contributed by atoms with van der Waals surface area (Å²) in [5.41, 5.74) is 6.56. The van der Waals surface area contributed by atoms with E-state index in [4.69, 9.17) is 0 Å². The van der Waals surface area contributed by atoms with Crippen LogP contribution in [0, 0.1) is 13.8 Å². The van der Waals surface area contributed by atoms with Crippen molar-refractivity contribution in [3.63, 3.8) is 0 Å². The van der Waals surface area contributed by atoms with Gasteiger partial charge in [-0.25, -0.2) is 0 Å². The van der Waals surface area contributed by atoms with Gasteiger partial charge in [0.05, 0.1) is 6.04 Å². The molecular weight excluding hydrogens is 414 g/mol. The summed E-state index contributed by atoms with van der Waals surface area (Å²) < 4.78 is 0. The zero-order valence-corrected chi connectivity index (χ0v) is 20.1.